The summed E-state index contributed by atoms with van der Waals surface area (Å²) in [6, 6.07) is 0. The average molecular weight is 214 g/mol. The lowest BCUT2D eigenvalue weighted by Gasteiger charge is -2.28. The van der Waals surface area contributed by atoms with Gasteiger partial charge in [-0.05, 0) is 36.5 Å². The van der Waals surface area contributed by atoms with Gasteiger partial charge in [0.05, 0.1) is 0 Å². The van der Waals surface area contributed by atoms with Gasteiger partial charge >= 0.3 is 5.97 Å². The normalized spacial score (nSPS) is 12.9. The molecule has 0 spiro atoms. The van der Waals surface area contributed by atoms with E-state index in [4.69, 9.17) is 5.11 Å². The molecule has 0 atom stereocenters. The van der Waals surface area contributed by atoms with Gasteiger partial charge in [0.2, 0.25) is 0 Å². The number of hydrogen-bond donors (Lipinski definition) is 1. The van der Waals surface area contributed by atoms with E-state index in [0.717, 1.165) is 12.8 Å². The highest BCUT2D eigenvalue weighted by atomic mass is 16.4. The Morgan fingerprint density at radius 2 is 1.53 bits per heavy atom. The van der Waals surface area contributed by atoms with Gasteiger partial charge in [0.25, 0.3) is 0 Å². The fraction of sp³-hybridized carbons (Fsp3) is 0.923. The van der Waals surface area contributed by atoms with E-state index in [1.165, 1.54) is 12.8 Å². The second-order valence-electron chi connectivity index (χ2n) is 6.47. The van der Waals surface area contributed by atoms with Gasteiger partial charge in [-0.3, -0.25) is 4.79 Å². The summed E-state index contributed by atoms with van der Waals surface area (Å²) in [6.45, 7) is 11.2. The third-order valence-corrected chi connectivity index (χ3v) is 2.80. The molecule has 15 heavy (non-hydrogen) atoms. The summed E-state index contributed by atoms with van der Waals surface area (Å²) in [5.41, 5.74) is 0.660. The van der Waals surface area contributed by atoms with E-state index in [-0.39, 0.29) is 5.41 Å². The highest BCUT2D eigenvalue weighted by Crippen LogP contribution is 2.34. The SMILES string of the molecule is CC(C)(C)CCC(C)(C)CCCC(=O)O. The quantitative estimate of drug-likeness (QED) is 0.723. The van der Waals surface area contributed by atoms with Crippen LogP contribution in [0.5, 0.6) is 0 Å². The fourth-order valence-electron chi connectivity index (χ4n) is 1.56. The second-order valence-corrected chi connectivity index (χ2v) is 6.47. The predicted octanol–water partition coefficient (Wildman–Crippen LogP) is 4.09. The summed E-state index contributed by atoms with van der Waals surface area (Å²) in [4.78, 5) is 10.4. The number of hydrogen-bond acceptors (Lipinski definition) is 1. The Balaban J connectivity index is 3.81. The summed E-state index contributed by atoms with van der Waals surface area (Å²) < 4.78 is 0. The maximum absolute atomic E-state index is 10.4. The predicted molar refractivity (Wildman–Crippen MR) is 64.0 cm³/mol. The smallest absolute Gasteiger partial charge is 0.303 e. The van der Waals surface area contributed by atoms with Crippen LogP contribution in [0.15, 0.2) is 0 Å². The van der Waals surface area contributed by atoms with E-state index < -0.39 is 5.97 Å². The summed E-state index contributed by atoms with van der Waals surface area (Å²) in [6.07, 6.45) is 4.49. The molecule has 0 amide bonds. The van der Waals surface area contributed by atoms with E-state index in [2.05, 4.69) is 34.6 Å². The third-order valence-electron chi connectivity index (χ3n) is 2.80. The van der Waals surface area contributed by atoms with Gasteiger partial charge in [0.15, 0.2) is 0 Å². The third kappa shape index (κ3) is 9.77. The van der Waals surface area contributed by atoms with Crippen molar-refractivity contribution in [2.45, 2.75) is 66.7 Å². The molecule has 2 nitrogen and oxygen atoms in total. The molecular formula is C13H26O2. The van der Waals surface area contributed by atoms with Crippen LogP contribution in [0.1, 0.15) is 66.7 Å². The summed E-state index contributed by atoms with van der Waals surface area (Å²) >= 11 is 0. The van der Waals surface area contributed by atoms with Crippen LogP contribution in [0.2, 0.25) is 0 Å². The van der Waals surface area contributed by atoms with Crippen LogP contribution in [0.25, 0.3) is 0 Å². The molecule has 0 aliphatic rings. The lowest BCUT2D eigenvalue weighted by atomic mass is 9.77. The Morgan fingerprint density at radius 3 is 1.93 bits per heavy atom. The number of aliphatic carboxylic acids is 1. The monoisotopic (exact) mass is 214 g/mol. The van der Waals surface area contributed by atoms with Gasteiger partial charge in [-0.2, -0.15) is 0 Å². The molecule has 0 aliphatic carbocycles. The molecule has 0 unspecified atom stereocenters. The van der Waals surface area contributed by atoms with Crippen molar-refractivity contribution in [3.8, 4) is 0 Å². The zero-order valence-corrected chi connectivity index (χ0v) is 10.9. The van der Waals surface area contributed by atoms with Gasteiger partial charge in [0.1, 0.15) is 0 Å². The van der Waals surface area contributed by atoms with E-state index in [0.29, 0.717) is 11.8 Å². The van der Waals surface area contributed by atoms with E-state index >= 15 is 0 Å². The number of rotatable bonds is 6. The van der Waals surface area contributed by atoms with E-state index in [9.17, 15) is 4.79 Å². The minimum Gasteiger partial charge on any atom is -0.481 e. The molecule has 1 N–H and O–H groups in total. The largest absolute Gasteiger partial charge is 0.481 e. The zero-order chi connectivity index (χ0) is 12.1. The van der Waals surface area contributed by atoms with Crippen LogP contribution < -0.4 is 0 Å². The molecular weight excluding hydrogens is 188 g/mol. The number of carboxylic acid groups (broad SMARTS) is 1. The van der Waals surface area contributed by atoms with Crippen molar-refractivity contribution >= 4 is 5.97 Å². The van der Waals surface area contributed by atoms with Crippen molar-refractivity contribution in [1.82, 2.24) is 0 Å². The van der Waals surface area contributed by atoms with Crippen molar-refractivity contribution in [2.75, 3.05) is 0 Å². The van der Waals surface area contributed by atoms with Crippen LogP contribution in [0, 0.1) is 10.8 Å². The molecule has 0 aliphatic heterocycles. The minimum atomic E-state index is -0.679. The Bertz CT molecular complexity index is 199. The Labute approximate surface area is 94.1 Å². The van der Waals surface area contributed by atoms with Gasteiger partial charge in [0, 0.05) is 6.42 Å². The maximum Gasteiger partial charge on any atom is 0.303 e. The molecule has 0 aromatic carbocycles. The summed E-state index contributed by atoms with van der Waals surface area (Å²) in [7, 11) is 0. The van der Waals surface area contributed by atoms with Crippen molar-refractivity contribution in [3.05, 3.63) is 0 Å². The zero-order valence-electron chi connectivity index (χ0n) is 10.9. The van der Waals surface area contributed by atoms with Gasteiger partial charge in [-0.15, -0.1) is 0 Å². The first-order valence-corrected chi connectivity index (χ1v) is 5.84. The molecule has 0 saturated carbocycles. The fourth-order valence-corrected chi connectivity index (χ4v) is 1.56. The van der Waals surface area contributed by atoms with Crippen LogP contribution in [0.4, 0.5) is 0 Å². The molecule has 0 saturated heterocycles. The lowest BCUT2D eigenvalue weighted by molar-refractivity contribution is -0.137. The first kappa shape index (κ1) is 14.5. The minimum absolute atomic E-state index is 0.280. The Kier molecular flexibility index (Phi) is 5.33. The number of carbonyl (C=O) groups is 1. The highest BCUT2D eigenvalue weighted by molar-refractivity contribution is 5.66. The number of carboxylic acids is 1. The van der Waals surface area contributed by atoms with E-state index in [1.54, 1.807) is 0 Å². The topological polar surface area (TPSA) is 37.3 Å². The summed E-state index contributed by atoms with van der Waals surface area (Å²) in [5, 5.41) is 8.57. The molecule has 0 fully saturated rings. The molecule has 90 valence electrons. The molecule has 0 rings (SSSR count). The van der Waals surface area contributed by atoms with Gasteiger partial charge in [-0.1, -0.05) is 34.6 Å². The van der Waals surface area contributed by atoms with Crippen LogP contribution in [0.3, 0.4) is 0 Å². The molecule has 0 aromatic rings. The molecule has 2 heteroatoms. The second kappa shape index (κ2) is 5.53. The van der Waals surface area contributed by atoms with Crippen molar-refractivity contribution in [1.29, 1.82) is 0 Å². The highest BCUT2D eigenvalue weighted by Gasteiger charge is 2.21. The first-order chi connectivity index (χ1) is 6.62. The Morgan fingerprint density at radius 1 is 1.00 bits per heavy atom. The van der Waals surface area contributed by atoms with Gasteiger partial charge in [-0.25, -0.2) is 0 Å². The molecule has 0 bridgehead atoms. The van der Waals surface area contributed by atoms with Gasteiger partial charge < -0.3 is 5.11 Å². The van der Waals surface area contributed by atoms with Crippen molar-refractivity contribution in [3.63, 3.8) is 0 Å². The summed E-state index contributed by atoms with van der Waals surface area (Å²) in [5.74, 6) is -0.679. The van der Waals surface area contributed by atoms with Crippen molar-refractivity contribution < 1.29 is 9.90 Å². The molecule has 0 heterocycles. The van der Waals surface area contributed by atoms with Crippen LogP contribution >= 0.6 is 0 Å². The van der Waals surface area contributed by atoms with E-state index in [1.807, 2.05) is 0 Å². The Hall–Kier alpha value is -0.530. The first-order valence-electron chi connectivity index (χ1n) is 5.84. The standard InChI is InChI=1S/C13H26O2/c1-12(2,3)9-10-13(4,5)8-6-7-11(14)15/h6-10H2,1-5H3,(H,14,15). The lowest BCUT2D eigenvalue weighted by Crippen LogP contribution is -2.16. The van der Waals surface area contributed by atoms with Crippen molar-refractivity contribution in [2.24, 2.45) is 10.8 Å². The van der Waals surface area contributed by atoms with Crippen LogP contribution in [-0.4, -0.2) is 11.1 Å². The van der Waals surface area contributed by atoms with Crippen LogP contribution in [-0.2, 0) is 4.79 Å². The molecule has 0 radical (unpaired) electrons. The maximum atomic E-state index is 10.4. The molecule has 0 aromatic heterocycles. The average Bonchev–Trinajstić information content (AvgIpc) is 1.99.